The van der Waals surface area contributed by atoms with Crippen molar-refractivity contribution in [2.24, 2.45) is 0 Å². The van der Waals surface area contributed by atoms with E-state index in [9.17, 15) is 9.59 Å². The van der Waals surface area contributed by atoms with Crippen LogP contribution in [-0.4, -0.2) is 64.1 Å². The summed E-state index contributed by atoms with van der Waals surface area (Å²) >= 11 is 0. The largest absolute Gasteiger partial charge is 0.368 e. The summed E-state index contributed by atoms with van der Waals surface area (Å²) in [6.07, 6.45) is 9.70. The van der Waals surface area contributed by atoms with Gasteiger partial charge in [0.2, 0.25) is 0 Å². The maximum absolute atomic E-state index is 12.7. The highest BCUT2D eigenvalue weighted by Crippen LogP contribution is 2.29. The van der Waals surface area contributed by atoms with E-state index in [1.165, 1.54) is 32.1 Å². The Balaban J connectivity index is 1.30. The van der Waals surface area contributed by atoms with Crippen molar-refractivity contribution in [1.82, 2.24) is 19.8 Å². The first-order valence-electron chi connectivity index (χ1n) is 11.5. The van der Waals surface area contributed by atoms with E-state index in [0.717, 1.165) is 62.4 Å². The van der Waals surface area contributed by atoms with Crippen LogP contribution in [0.3, 0.4) is 0 Å². The summed E-state index contributed by atoms with van der Waals surface area (Å²) in [4.78, 5) is 37.8. The second kappa shape index (κ2) is 8.19. The molecule has 2 saturated heterocycles. The molecule has 2 atom stereocenters. The van der Waals surface area contributed by atoms with Gasteiger partial charge in [-0.2, -0.15) is 0 Å². The summed E-state index contributed by atoms with van der Waals surface area (Å²) in [6, 6.07) is 0.646. The number of nitrogens with one attached hydrogen (secondary N) is 1. The second-order valence-electron chi connectivity index (χ2n) is 9.16. The van der Waals surface area contributed by atoms with Crippen molar-refractivity contribution in [3.05, 3.63) is 27.4 Å². The molecule has 1 aliphatic carbocycles. The monoisotopic (exact) mass is 400 g/mol. The Labute approximate surface area is 171 Å². The lowest BCUT2D eigenvalue weighted by molar-refractivity contribution is -0.139. The number of carbonyl (C=O) groups excluding carboxylic acids is 1. The zero-order valence-electron chi connectivity index (χ0n) is 17.2. The molecule has 0 bridgehead atoms. The number of hydrogen-bond donors (Lipinski definition) is 1. The zero-order valence-corrected chi connectivity index (χ0v) is 17.2. The Morgan fingerprint density at radius 3 is 2.72 bits per heavy atom. The van der Waals surface area contributed by atoms with Crippen molar-refractivity contribution < 1.29 is 9.53 Å². The number of rotatable bonds is 3. The summed E-state index contributed by atoms with van der Waals surface area (Å²) in [6.45, 7) is 3.80. The van der Waals surface area contributed by atoms with Crippen LogP contribution in [0.15, 0.2) is 4.79 Å². The van der Waals surface area contributed by atoms with Crippen molar-refractivity contribution in [2.75, 3.05) is 26.2 Å². The molecule has 29 heavy (non-hydrogen) atoms. The van der Waals surface area contributed by atoms with Crippen LogP contribution in [-0.2, 0) is 22.5 Å². The summed E-state index contributed by atoms with van der Waals surface area (Å²) in [5.41, 5.74) is 1.85. The number of H-pyrrole nitrogens is 1. The Hall–Kier alpha value is -1.73. The third-order valence-electron chi connectivity index (χ3n) is 7.30. The van der Waals surface area contributed by atoms with Crippen LogP contribution in [0, 0.1) is 0 Å². The molecule has 1 aromatic heterocycles. The molecular weight excluding hydrogens is 368 g/mol. The molecule has 0 radical (unpaired) electrons. The van der Waals surface area contributed by atoms with Crippen molar-refractivity contribution in [1.29, 1.82) is 0 Å². The standard InChI is InChI=1S/C22H32N4O3/c27-21-17-9-11-25(16-5-2-1-3-6-16)14-18(17)23-20(24-21)15-8-10-26(13-15)22(28)19-7-4-12-29-19/h15-16,19H,1-14H2,(H,23,24,27)/t15-,19-/m0/s1. The number of amides is 1. The minimum Gasteiger partial charge on any atom is -0.368 e. The van der Waals surface area contributed by atoms with Gasteiger partial charge in [0.25, 0.3) is 11.5 Å². The molecule has 0 spiro atoms. The minimum absolute atomic E-state index is 0.0252. The Morgan fingerprint density at radius 2 is 1.93 bits per heavy atom. The van der Waals surface area contributed by atoms with Gasteiger partial charge in [-0.05, 0) is 38.5 Å². The fraction of sp³-hybridized carbons (Fsp3) is 0.773. The Bertz CT molecular complexity index is 811. The molecule has 3 aliphatic heterocycles. The quantitative estimate of drug-likeness (QED) is 0.839. The maximum Gasteiger partial charge on any atom is 0.254 e. The van der Waals surface area contributed by atoms with E-state index in [1.54, 1.807) is 0 Å². The van der Waals surface area contributed by atoms with Crippen LogP contribution >= 0.6 is 0 Å². The fourth-order valence-corrected chi connectivity index (χ4v) is 5.59. The number of fused-ring (bicyclic) bond motifs is 1. The number of aromatic nitrogens is 2. The molecule has 0 unspecified atom stereocenters. The van der Waals surface area contributed by atoms with Crippen LogP contribution in [0.25, 0.3) is 0 Å². The van der Waals surface area contributed by atoms with Crippen LogP contribution in [0.5, 0.6) is 0 Å². The van der Waals surface area contributed by atoms with Crippen molar-refractivity contribution in [2.45, 2.75) is 82.4 Å². The van der Waals surface area contributed by atoms with Gasteiger partial charge in [-0.25, -0.2) is 4.98 Å². The normalized spacial score (nSPS) is 28.6. The van der Waals surface area contributed by atoms with Gasteiger partial charge in [-0.1, -0.05) is 19.3 Å². The highest BCUT2D eigenvalue weighted by atomic mass is 16.5. The lowest BCUT2D eigenvalue weighted by atomic mass is 9.92. The number of aromatic amines is 1. The van der Waals surface area contributed by atoms with E-state index in [4.69, 9.17) is 9.72 Å². The first kappa shape index (κ1) is 19.2. The molecule has 7 heteroatoms. The van der Waals surface area contributed by atoms with Gasteiger partial charge in [-0.3, -0.25) is 14.5 Å². The van der Waals surface area contributed by atoms with Crippen LogP contribution in [0.4, 0.5) is 0 Å². The molecule has 1 aromatic rings. The molecule has 4 aliphatic rings. The molecule has 1 saturated carbocycles. The van der Waals surface area contributed by atoms with E-state index in [2.05, 4.69) is 9.88 Å². The molecule has 5 rings (SSSR count). The van der Waals surface area contributed by atoms with Crippen LogP contribution < -0.4 is 5.56 Å². The number of likely N-dealkylation sites (tertiary alicyclic amines) is 1. The Kier molecular flexibility index (Phi) is 5.43. The topological polar surface area (TPSA) is 78.5 Å². The van der Waals surface area contributed by atoms with Gasteiger partial charge in [-0.15, -0.1) is 0 Å². The molecule has 158 valence electrons. The number of carbonyl (C=O) groups is 1. The average Bonchev–Trinajstić information content (AvgIpc) is 3.46. The number of hydrogen-bond acceptors (Lipinski definition) is 5. The van der Waals surface area contributed by atoms with E-state index < -0.39 is 0 Å². The fourth-order valence-electron chi connectivity index (χ4n) is 5.59. The Morgan fingerprint density at radius 1 is 1.07 bits per heavy atom. The highest BCUT2D eigenvalue weighted by molar-refractivity contribution is 5.81. The van der Waals surface area contributed by atoms with Gasteiger partial charge in [0.1, 0.15) is 11.9 Å². The van der Waals surface area contributed by atoms with Gasteiger partial charge < -0.3 is 14.6 Å². The lowest BCUT2D eigenvalue weighted by Gasteiger charge is -2.37. The first-order valence-corrected chi connectivity index (χ1v) is 11.5. The van der Waals surface area contributed by atoms with Crippen LogP contribution in [0.2, 0.25) is 0 Å². The maximum atomic E-state index is 12.7. The van der Waals surface area contributed by atoms with Gasteiger partial charge >= 0.3 is 0 Å². The zero-order chi connectivity index (χ0) is 19.8. The SMILES string of the molecule is O=C([C@@H]1CCCO1)N1CC[C@H](c2nc3c(c(=O)[nH]2)CCN(C2CCCCC2)C3)C1. The van der Waals surface area contributed by atoms with Gasteiger partial charge in [0.15, 0.2) is 0 Å². The van der Waals surface area contributed by atoms with E-state index in [1.807, 2.05) is 4.90 Å². The summed E-state index contributed by atoms with van der Waals surface area (Å²) in [7, 11) is 0. The minimum atomic E-state index is -0.270. The molecule has 1 amide bonds. The van der Waals surface area contributed by atoms with E-state index >= 15 is 0 Å². The first-order chi connectivity index (χ1) is 14.2. The third kappa shape index (κ3) is 3.87. The molecule has 1 N–H and O–H groups in total. The summed E-state index contributed by atoms with van der Waals surface area (Å²) < 4.78 is 5.56. The molecule has 0 aromatic carbocycles. The number of ether oxygens (including phenoxy) is 1. The van der Waals surface area contributed by atoms with Crippen molar-refractivity contribution in [3.63, 3.8) is 0 Å². The van der Waals surface area contributed by atoms with Crippen molar-refractivity contribution >= 4 is 5.91 Å². The predicted octanol–water partition coefficient (Wildman–Crippen LogP) is 1.96. The van der Waals surface area contributed by atoms with E-state index in [-0.39, 0.29) is 23.5 Å². The molecular formula is C22H32N4O3. The molecule has 3 fully saturated rings. The third-order valence-corrected chi connectivity index (χ3v) is 7.30. The molecule has 7 nitrogen and oxygen atoms in total. The predicted molar refractivity (Wildman–Crippen MR) is 109 cm³/mol. The van der Waals surface area contributed by atoms with Crippen LogP contribution in [0.1, 0.15) is 74.4 Å². The number of nitrogens with zero attached hydrogens (tertiary/aromatic N) is 3. The van der Waals surface area contributed by atoms with Gasteiger partial charge in [0, 0.05) is 50.3 Å². The van der Waals surface area contributed by atoms with E-state index in [0.29, 0.717) is 19.2 Å². The average molecular weight is 401 g/mol. The lowest BCUT2D eigenvalue weighted by Crippen LogP contribution is -2.42. The summed E-state index contributed by atoms with van der Waals surface area (Å²) in [5.74, 6) is 0.985. The summed E-state index contributed by atoms with van der Waals surface area (Å²) in [5, 5.41) is 0. The molecule has 4 heterocycles. The second-order valence-corrected chi connectivity index (χ2v) is 9.16. The van der Waals surface area contributed by atoms with Crippen molar-refractivity contribution in [3.8, 4) is 0 Å². The highest BCUT2D eigenvalue weighted by Gasteiger charge is 2.35. The van der Waals surface area contributed by atoms with Gasteiger partial charge in [0.05, 0.1) is 5.69 Å². The smallest absolute Gasteiger partial charge is 0.254 e.